The van der Waals surface area contributed by atoms with Gasteiger partial charge in [0, 0.05) is 31.7 Å². The van der Waals surface area contributed by atoms with Crippen LogP contribution in [0.3, 0.4) is 0 Å². The second-order valence-electron chi connectivity index (χ2n) is 7.72. The molecule has 1 aromatic heterocycles. The first-order valence-corrected chi connectivity index (χ1v) is 11.7. The van der Waals surface area contributed by atoms with Crippen LogP contribution in [0.1, 0.15) is 20.3 Å². The van der Waals surface area contributed by atoms with Crippen molar-refractivity contribution in [3.05, 3.63) is 54.6 Å². The van der Waals surface area contributed by atoms with Gasteiger partial charge in [-0.15, -0.1) is 12.4 Å². The number of likely N-dealkylation sites (N-methyl/N-ethyl adjacent to an activating group) is 1. The Kier molecular flexibility index (Phi) is 8.23. The number of hydrogen-bond donors (Lipinski definition) is 0. The van der Waals surface area contributed by atoms with Crippen LogP contribution in [0.4, 0.5) is 10.8 Å². The summed E-state index contributed by atoms with van der Waals surface area (Å²) in [4.78, 5) is 36.9. The Hall–Kier alpha value is -2.48. The molecule has 0 spiro atoms. The van der Waals surface area contributed by atoms with Gasteiger partial charge in [0.15, 0.2) is 5.13 Å². The number of benzene rings is 2. The molecule has 2 aromatic carbocycles. The number of thiazole rings is 1. The van der Waals surface area contributed by atoms with E-state index in [0.717, 1.165) is 35.5 Å². The molecule has 2 amide bonds. The largest absolute Gasteiger partial charge is 0.312 e. The molecule has 0 aliphatic carbocycles. The summed E-state index contributed by atoms with van der Waals surface area (Å²) in [6.07, 6.45) is 0.237. The first-order chi connectivity index (χ1) is 15.1. The van der Waals surface area contributed by atoms with Gasteiger partial charge in [0.25, 0.3) is 0 Å². The number of nitrogens with zero attached hydrogens (tertiary/aromatic N) is 4. The zero-order chi connectivity index (χ0) is 21.8. The summed E-state index contributed by atoms with van der Waals surface area (Å²) in [6, 6.07) is 17.5. The van der Waals surface area contributed by atoms with Gasteiger partial charge >= 0.3 is 0 Å². The molecule has 1 aliphatic rings. The third-order valence-electron chi connectivity index (χ3n) is 5.86. The monoisotopic (exact) mass is 472 g/mol. The van der Waals surface area contributed by atoms with Crippen LogP contribution in [0, 0.1) is 5.92 Å². The van der Waals surface area contributed by atoms with Crippen molar-refractivity contribution in [1.29, 1.82) is 0 Å². The highest BCUT2D eigenvalue weighted by molar-refractivity contribution is 7.22. The summed E-state index contributed by atoms with van der Waals surface area (Å²) in [5.41, 5.74) is 1.74. The number of aromatic nitrogens is 1. The summed E-state index contributed by atoms with van der Waals surface area (Å²) in [5, 5.41) is 0.712. The van der Waals surface area contributed by atoms with Crippen LogP contribution < -0.4 is 9.80 Å². The Morgan fingerprint density at radius 3 is 2.44 bits per heavy atom. The van der Waals surface area contributed by atoms with Crippen molar-refractivity contribution in [2.24, 2.45) is 5.92 Å². The van der Waals surface area contributed by atoms with Gasteiger partial charge in [-0.25, -0.2) is 4.98 Å². The van der Waals surface area contributed by atoms with E-state index in [4.69, 9.17) is 4.98 Å². The molecule has 1 fully saturated rings. The van der Waals surface area contributed by atoms with Crippen LogP contribution >= 0.6 is 23.7 Å². The van der Waals surface area contributed by atoms with E-state index < -0.39 is 0 Å². The van der Waals surface area contributed by atoms with Crippen molar-refractivity contribution in [1.82, 2.24) is 9.88 Å². The fourth-order valence-corrected chi connectivity index (χ4v) is 5.00. The Labute approximate surface area is 199 Å². The predicted molar refractivity (Wildman–Crippen MR) is 134 cm³/mol. The van der Waals surface area contributed by atoms with Crippen LogP contribution in [-0.4, -0.2) is 54.4 Å². The second kappa shape index (κ2) is 10.9. The molecule has 2 heterocycles. The lowest BCUT2D eigenvalue weighted by molar-refractivity contribution is -0.124. The Balaban J connectivity index is 0.00000289. The summed E-state index contributed by atoms with van der Waals surface area (Å²) in [5.74, 6) is -0.382. The average Bonchev–Trinajstić information content (AvgIpc) is 3.40. The van der Waals surface area contributed by atoms with Crippen molar-refractivity contribution in [3.8, 4) is 0 Å². The number of rotatable bonds is 8. The van der Waals surface area contributed by atoms with Crippen LogP contribution in [0.5, 0.6) is 0 Å². The maximum Gasteiger partial charge on any atom is 0.234 e. The Morgan fingerprint density at radius 2 is 1.75 bits per heavy atom. The highest BCUT2D eigenvalue weighted by Crippen LogP contribution is 2.32. The van der Waals surface area contributed by atoms with Crippen molar-refractivity contribution in [3.63, 3.8) is 0 Å². The number of hydrogen-bond acceptors (Lipinski definition) is 5. The first-order valence-electron chi connectivity index (χ1n) is 10.9. The number of amides is 2. The zero-order valence-corrected chi connectivity index (χ0v) is 20.1. The van der Waals surface area contributed by atoms with Crippen LogP contribution in [-0.2, 0) is 9.59 Å². The van der Waals surface area contributed by atoms with Gasteiger partial charge in [-0.2, -0.15) is 0 Å². The summed E-state index contributed by atoms with van der Waals surface area (Å²) in [6.45, 7) is 7.87. The zero-order valence-electron chi connectivity index (χ0n) is 18.4. The molecule has 0 bridgehead atoms. The van der Waals surface area contributed by atoms with Gasteiger partial charge in [-0.3, -0.25) is 14.5 Å². The fourth-order valence-electron chi connectivity index (χ4n) is 4.01. The van der Waals surface area contributed by atoms with E-state index in [9.17, 15) is 9.59 Å². The SMILES string of the molecule is CCN(CC)CCN(C(=O)C1CC(=O)N(c2ccccc2)C1)c1nc2ccccc2s1.Cl. The Morgan fingerprint density at radius 1 is 1.06 bits per heavy atom. The highest BCUT2D eigenvalue weighted by Gasteiger charge is 2.38. The molecular weight excluding hydrogens is 444 g/mol. The second-order valence-corrected chi connectivity index (χ2v) is 8.73. The first kappa shape index (κ1) is 24.2. The maximum atomic E-state index is 13.6. The maximum absolute atomic E-state index is 13.6. The highest BCUT2D eigenvalue weighted by atomic mass is 35.5. The fraction of sp³-hybridized carbons (Fsp3) is 0.375. The predicted octanol–water partition coefficient (Wildman–Crippen LogP) is 4.45. The number of fused-ring (bicyclic) bond motifs is 1. The number of carbonyl (C=O) groups is 2. The van der Waals surface area contributed by atoms with E-state index in [1.807, 2.05) is 54.6 Å². The molecule has 32 heavy (non-hydrogen) atoms. The molecule has 3 aromatic rings. The van der Waals surface area contributed by atoms with Crippen LogP contribution in [0.15, 0.2) is 54.6 Å². The van der Waals surface area contributed by atoms with E-state index in [2.05, 4.69) is 18.7 Å². The van der Waals surface area contributed by atoms with Gasteiger partial charge in [0.2, 0.25) is 11.8 Å². The molecular formula is C24H29ClN4O2S. The summed E-state index contributed by atoms with van der Waals surface area (Å²) < 4.78 is 1.06. The molecule has 1 atom stereocenters. The third kappa shape index (κ3) is 5.11. The molecule has 1 aliphatic heterocycles. The van der Waals surface area contributed by atoms with Crippen LogP contribution in [0.2, 0.25) is 0 Å². The van der Waals surface area contributed by atoms with Gasteiger partial charge < -0.3 is 9.80 Å². The summed E-state index contributed by atoms with van der Waals surface area (Å²) >= 11 is 1.53. The number of anilines is 2. The smallest absolute Gasteiger partial charge is 0.234 e. The average molecular weight is 473 g/mol. The van der Waals surface area contributed by atoms with Gasteiger partial charge in [-0.05, 0) is 37.4 Å². The number of halogens is 1. The molecule has 0 saturated carbocycles. The lowest BCUT2D eigenvalue weighted by Gasteiger charge is -2.26. The van der Waals surface area contributed by atoms with E-state index >= 15 is 0 Å². The van der Waals surface area contributed by atoms with Crippen molar-refractivity contribution in [2.75, 3.05) is 42.5 Å². The minimum absolute atomic E-state index is 0. The number of para-hydroxylation sites is 2. The topological polar surface area (TPSA) is 56.8 Å². The molecule has 170 valence electrons. The van der Waals surface area contributed by atoms with E-state index in [1.165, 1.54) is 11.3 Å². The molecule has 1 unspecified atom stereocenters. The standard InChI is InChI=1S/C24H28N4O2S.ClH/c1-3-26(4-2)14-15-27(24-25-20-12-8-9-13-21(20)31-24)23(30)18-16-22(29)28(17-18)19-10-6-5-7-11-19;/h5-13,18H,3-4,14-17H2,1-2H3;1H. The minimum Gasteiger partial charge on any atom is -0.312 e. The van der Waals surface area contributed by atoms with Crippen molar-refractivity contribution >= 4 is 56.6 Å². The van der Waals surface area contributed by atoms with Gasteiger partial charge in [0.05, 0.1) is 16.1 Å². The van der Waals surface area contributed by atoms with Gasteiger partial charge in [0.1, 0.15) is 0 Å². The molecule has 4 rings (SSSR count). The third-order valence-corrected chi connectivity index (χ3v) is 6.92. The quantitative estimate of drug-likeness (QED) is 0.486. The number of carbonyl (C=O) groups excluding carboxylic acids is 2. The molecule has 6 nitrogen and oxygen atoms in total. The van der Waals surface area contributed by atoms with E-state index in [0.29, 0.717) is 18.2 Å². The molecule has 0 N–H and O–H groups in total. The van der Waals surface area contributed by atoms with Crippen molar-refractivity contribution in [2.45, 2.75) is 20.3 Å². The lowest BCUT2D eigenvalue weighted by atomic mass is 10.1. The summed E-state index contributed by atoms with van der Waals surface area (Å²) in [7, 11) is 0. The van der Waals surface area contributed by atoms with Crippen molar-refractivity contribution < 1.29 is 9.59 Å². The molecule has 8 heteroatoms. The van der Waals surface area contributed by atoms with E-state index in [1.54, 1.807) is 9.80 Å². The normalized spacial score (nSPS) is 15.9. The minimum atomic E-state index is -0.364. The lowest BCUT2D eigenvalue weighted by Crippen LogP contribution is -2.42. The van der Waals surface area contributed by atoms with E-state index in [-0.39, 0.29) is 36.6 Å². The van der Waals surface area contributed by atoms with Gasteiger partial charge in [-0.1, -0.05) is 55.5 Å². The molecule has 1 saturated heterocycles. The molecule has 0 radical (unpaired) electrons. The van der Waals surface area contributed by atoms with Crippen LogP contribution in [0.25, 0.3) is 10.2 Å². The Bertz CT molecular complexity index is 1020.